The maximum Gasteiger partial charge on any atom is 0.101 e. The number of nitrogens with one attached hydrogen (secondary N) is 1. The van der Waals surface area contributed by atoms with E-state index in [1.165, 1.54) is 0 Å². The first-order valence-electron chi connectivity index (χ1n) is 5.44. The Kier molecular flexibility index (Phi) is 4.17. The first kappa shape index (κ1) is 11.6. The largest absolute Gasteiger partial charge is 0.381 e. The van der Waals surface area contributed by atoms with Crippen molar-refractivity contribution in [3.8, 4) is 6.07 Å². The summed E-state index contributed by atoms with van der Waals surface area (Å²) in [5.41, 5.74) is 1.66. The van der Waals surface area contributed by atoms with Crippen molar-refractivity contribution in [2.45, 2.75) is 33.2 Å². The molecule has 1 aromatic rings. The van der Waals surface area contributed by atoms with Crippen molar-refractivity contribution in [1.29, 1.82) is 5.26 Å². The minimum Gasteiger partial charge on any atom is -0.381 e. The summed E-state index contributed by atoms with van der Waals surface area (Å²) in [6.07, 6.45) is 1.07. The zero-order valence-electron chi connectivity index (χ0n) is 9.62. The Morgan fingerprint density at radius 3 is 2.53 bits per heavy atom. The van der Waals surface area contributed by atoms with E-state index < -0.39 is 0 Å². The van der Waals surface area contributed by atoms with Crippen LogP contribution in [0.25, 0.3) is 0 Å². The van der Waals surface area contributed by atoms with Crippen LogP contribution in [0, 0.1) is 17.2 Å². The molecule has 0 bridgehead atoms. The van der Waals surface area contributed by atoms with Gasteiger partial charge in [-0.2, -0.15) is 5.26 Å². The Morgan fingerprint density at radius 1 is 1.33 bits per heavy atom. The molecule has 1 aromatic carbocycles. The number of hydrogen-bond donors (Lipinski definition) is 1. The average molecular weight is 202 g/mol. The molecule has 0 aliphatic heterocycles. The summed E-state index contributed by atoms with van der Waals surface area (Å²) < 4.78 is 0. The van der Waals surface area contributed by atoms with Crippen LogP contribution >= 0.6 is 0 Å². The molecule has 0 heterocycles. The number of rotatable bonds is 4. The van der Waals surface area contributed by atoms with Crippen LogP contribution in [-0.2, 0) is 0 Å². The van der Waals surface area contributed by atoms with Gasteiger partial charge in [-0.25, -0.2) is 0 Å². The van der Waals surface area contributed by atoms with E-state index in [9.17, 15) is 0 Å². The lowest BCUT2D eigenvalue weighted by Gasteiger charge is -2.22. The molecule has 0 radical (unpaired) electrons. The molecule has 2 nitrogen and oxygen atoms in total. The zero-order chi connectivity index (χ0) is 11.3. The van der Waals surface area contributed by atoms with Crippen molar-refractivity contribution in [3.63, 3.8) is 0 Å². The molecule has 0 aromatic heterocycles. The number of benzene rings is 1. The van der Waals surface area contributed by atoms with E-state index in [-0.39, 0.29) is 0 Å². The molecule has 0 aliphatic carbocycles. The molecular weight excluding hydrogens is 184 g/mol. The molecule has 1 N–H and O–H groups in total. The summed E-state index contributed by atoms with van der Waals surface area (Å²) in [7, 11) is 0. The lowest BCUT2D eigenvalue weighted by Crippen LogP contribution is -2.24. The third-order valence-electron chi connectivity index (χ3n) is 2.63. The van der Waals surface area contributed by atoms with E-state index >= 15 is 0 Å². The third kappa shape index (κ3) is 2.99. The predicted molar refractivity (Wildman–Crippen MR) is 63.7 cm³/mol. The normalized spacial score (nSPS) is 12.2. The molecule has 15 heavy (non-hydrogen) atoms. The van der Waals surface area contributed by atoms with Crippen LogP contribution in [0.5, 0.6) is 0 Å². The highest BCUT2D eigenvalue weighted by molar-refractivity contribution is 5.57. The van der Waals surface area contributed by atoms with E-state index in [2.05, 4.69) is 32.2 Å². The molecule has 1 unspecified atom stereocenters. The van der Waals surface area contributed by atoms with Gasteiger partial charge in [0.2, 0.25) is 0 Å². The molecule has 0 spiro atoms. The van der Waals surface area contributed by atoms with Gasteiger partial charge in [0.05, 0.1) is 11.3 Å². The highest BCUT2D eigenvalue weighted by atomic mass is 14.9. The number of hydrogen-bond acceptors (Lipinski definition) is 2. The predicted octanol–water partition coefficient (Wildman–Crippen LogP) is 3.40. The van der Waals surface area contributed by atoms with Crippen molar-refractivity contribution < 1.29 is 0 Å². The van der Waals surface area contributed by atoms with Gasteiger partial charge in [-0.05, 0) is 24.5 Å². The van der Waals surface area contributed by atoms with Gasteiger partial charge < -0.3 is 5.32 Å². The van der Waals surface area contributed by atoms with Gasteiger partial charge in [0.15, 0.2) is 0 Å². The lowest BCUT2D eigenvalue weighted by atomic mass is 10.0. The highest BCUT2D eigenvalue weighted by Gasteiger charge is 2.11. The smallest absolute Gasteiger partial charge is 0.101 e. The Hall–Kier alpha value is -1.49. The SMILES string of the molecule is CCC(Nc1ccccc1C#N)C(C)C. The van der Waals surface area contributed by atoms with Crippen LogP contribution in [0.1, 0.15) is 32.8 Å². The topological polar surface area (TPSA) is 35.8 Å². The first-order chi connectivity index (χ1) is 7.19. The Balaban J connectivity index is 2.84. The fourth-order valence-corrected chi connectivity index (χ4v) is 1.65. The van der Waals surface area contributed by atoms with E-state index in [4.69, 9.17) is 5.26 Å². The van der Waals surface area contributed by atoms with Crippen molar-refractivity contribution in [1.82, 2.24) is 0 Å². The molecule has 0 fully saturated rings. The van der Waals surface area contributed by atoms with E-state index in [0.717, 1.165) is 17.7 Å². The monoisotopic (exact) mass is 202 g/mol. The van der Waals surface area contributed by atoms with Crippen LogP contribution < -0.4 is 5.32 Å². The molecule has 0 amide bonds. The average Bonchev–Trinajstić information content (AvgIpc) is 2.25. The molecule has 2 heteroatoms. The fourth-order valence-electron chi connectivity index (χ4n) is 1.65. The van der Waals surface area contributed by atoms with Gasteiger partial charge in [0.1, 0.15) is 6.07 Å². The second kappa shape index (κ2) is 5.41. The number of anilines is 1. The minimum absolute atomic E-state index is 0.430. The van der Waals surface area contributed by atoms with Crippen molar-refractivity contribution in [2.24, 2.45) is 5.92 Å². The van der Waals surface area contributed by atoms with Gasteiger partial charge in [-0.3, -0.25) is 0 Å². The summed E-state index contributed by atoms with van der Waals surface area (Å²) >= 11 is 0. The summed E-state index contributed by atoms with van der Waals surface area (Å²) in [4.78, 5) is 0. The molecule has 0 saturated heterocycles. The molecule has 0 aliphatic rings. The molecule has 80 valence electrons. The fraction of sp³-hybridized carbons (Fsp3) is 0.462. The Morgan fingerprint density at radius 2 is 2.00 bits per heavy atom. The number of para-hydroxylation sites is 1. The van der Waals surface area contributed by atoms with Crippen molar-refractivity contribution >= 4 is 5.69 Å². The molecule has 1 atom stereocenters. The van der Waals surface area contributed by atoms with Crippen LogP contribution in [-0.4, -0.2) is 6.04 Å². The summed E-state index contributed by atoms with van der Waals surface area (Å²) in [6, 6.07) is 10.3. The van der Waals surface area contributed by atoms with Gasteiger partial charge >= 0.3 is 0 Å². The van der Waals surface area contributed by atoms with E-state index in [1.807, 2.05) is 24.3 Å². The minimum atomic E-state index is 0.430. The molecule has 1 rings (SSSR count). The van der Waals surface area contributed by atoms with Crippen LogP contribution in [0.15, 0.2) is 24.3 Å². The van der Waals surface area contributed by atoms with Crippen LogP contribution in [0.2, 0.25) is 0 Å². The van der Waals surface area contributed by atoms with Gasteiger partial charge in [-0.1, -0.05) is 32.9 Å². The third-order valence-corrected chi connectivity index (χ3v) is 2.63. The maximum absolute atomic E-state index is 8.95. The number of nitrogens with zero attached hydrogens (tertiary/aromatic N) is 1. The highest BCUT2D eigenvalue weighted by Crippen LogP contribution is 2.18. The summed E-state index contributed by atoms with van der Waals surface area (Å²) in [6.45, 7) is 6.54. The van der Waals surface area contributed by atoms with Crippen molar-refractivity contribution in [3.05, 3.63) is 29.8 Å². The molecule has 0 saturated carbocycles. The quantitative estimate of drug-likeness (QED) is 0.812. The van der Waals surface area contributed by atoms with Crippen LogP contribution in [0.3, 0.4) is 0 Å². The first-order valence-corrected chi connectivity index (χ1v) is 5.44. The van der Waals surface area contributed by atoms with Gasteiger partial charge in [0.25, 0.3) is 0 Å². The lowest BCUT2D eigenvalue weighted by molar-refractivity contribution is 0.511. The van der Waals surface area contributed by atoms with Gasteiger partial charge in [0, 0.05) is 6.04 Å². The van der Waals surface area contributed by atoms with Crippen molar-refractivity contribution in [2.75, 3.05) is 5.32 Å². The summed E-state index contributed by atoms with van der Waals surface area (Å²) in [5, 5.41) is 12.4. The second-order valence-corrected chi connectivity index (χ2v) is 4.06. The van der Waals surface area contributed by atoms with E-state index in [0.29, 0.717) is 12.0 Å². The summed E-state index contributed by atoms with van der Waals surface area (Å²) in [5.74, 6) is 0.571. The second-order valence-electron chi connectivity index (χ2n) is 4.06. The van der Waals surface area contributed by atoms with E-state index in [1.54, 1.807) is 0 Å². The standard InChI is InChI=1S/C13H18N2/c1-4-12(10(2)3)15-13-8-6-5-7-11(13)9-14/h5-8,10,12,15H,4H2,1-3H3. The van der Waals surface area contributed by atoms with Crippen LogP contribution in [0.4, 0.5) is 5.69 Å². The zero-order valence-corrected chi connectivity index (χ0v) is 9.62. The maximum atomic E-state index is 8.95. The number of nitriles is 1. The van der Waals surface area contributed by atoms with Gasteiger partial charge in [-0.15, -0.1) is 0 Å². The Labute approximate surface area is 91.9 Å². The molecular formula is C13H18N2. The Bertz CT molecular complexity index is 350.